The van der Waals surface area contributed by atoms with Crippen molar-refractivity contribution in [2.75, 3.05) is 16.4 Å². The van der Waals surface area contributed by atoms with Gasteiger partial charge in [-0.1, -0.05) is 23.8 Å². The largest absolute Gasteiger partial charge is 0.352 e. The van der Waals surface area contributed by atoms with E-state index >= 15 is 0 Å². The van der Waals surface area contributed by atoms with Gasteiger partial charge in [0, 0.05) is 23.0 Å². The van der Waals surface area contributed by atoms with Crippen LogP contribution in [0.4, 0.5) is 5.69 Å². The van der Waals surface area contributed by atoms with Gasteiger partial charge in [0.1, 0.15) is 0 Å². The number of hydrogen-bond acceptors (Lipinski definition) is 5. The smallest absolute Gasteiger partial charge is 0.227 e. The molecule has 8 heteroatoms. The third-order valence-corrected chi connectivity index (χ3v) is 8.37. The lowest BCUT2D eigenvalue weighted by Gasteiger charge is -2.40. The Labute approximate surface area is 174 Å². The second-order valence-corrected chi connectivity index (χ2v) is 11.0. The van der Waals surface area contributed by atoms with Gasteiger partial charge in [-0.3, -0.25) is 9.59 Å². The number of aryl methyl sites for hydroxylation is 1. The molecule has 2 aliphatic rings. The van der Waals surface area contributed by atoms with Gasteiger partial charge in [0.2, 0.25) is 11.8 Å². The molecule has 4 rings (SSSR count). The molecule has 0 aliphatic carbocycles. The van der Waals surface area contributed by atoms with Crippen LogP contribution in [0, 0.1) is 12.8 Å². The van der Waals surface area contributed by atoms with Gasteiger partial charge in [0.15, 0.2) is 9.84 Å². The molecule has 1 aromatic carbocycles. The summed E-state index contributed by atoms with van der Waals surface area (Å²) in [4.78, 5) is 28.8. The zero-order chi connectivity index (χ0) is 20.6. The van der Waals surface area contributed by atoms with Gasteiger partial charge in [-0.2, -0.15) is 0 Å². The van der Waals surface area contributed by atoms with Gasteiger partial charge in [-0.05, 0) is 43.3 Å². The third kappa shape index (κ3) is 4.23. The quantitative estimate of drug-likeness (QED) is 0.805. The van der Waals surface area contributed by atoms with Crippen molar-refractivity contribution in [3.05, 3.63) is 52.2 Å². The van der Waals surface area contributed by atoms with E-state index in [2.05, 4.69) is 5.32 Å². The summed E-state index contributed by atoms with van der Waals surface area (Å²) in [6.07, 6.45) is 1.19. The second kappa shape index (κ2) is 7.91. The molecule has 0 radical (unpaired) electrons. The van der Waals surface area contributed by atoms with Crippen LogP contribution in [0.1, 0.15) is 35.7 Å². The highest BCUT2D eigenvalue weighted by molar-refractivity contribution is 7.91. The van der Waals surface area contributed by atoms with Crippen LogP contribution in [0.5, 0.6) is 0 Å². The van der Waals surface area contributed by atoms with Crippen molar-refractivity contribution in [1.29, 1.82) is 0 Å². The van der Waals surface area contributed by atoms with Crippen molar-refractivity contribution < 1.29 is 18.0 Å². The summed E-state index contributed by atoms with van der Waals surface area (Å²) in [6, 6.07) is 10.9. The predicted molar refractivity (Wildman–Crippen MR) is 114 cm³/mol. The van der Waals surface area contributed by atoms with E-state index in [0.29, 0.717) is 12.8 Å². The topological polar surface area (TPSA) is 83.6 Å². The molecule has 0 unspecified atom stereocenters. The van der Waals surface area contributed by atoms with E-state index in [1.54, 1.807) is 4.90 Å². The molecule has 3 heterocycles. The number of sulfone groups is 1. The third-order valence-electron chi connectivity index (χ3n) is 5.66. The molecule has 154 valence electrons. The Morgan fingerprint density at radius 1 is 1.17 bits per heavy atom. The molecular weight excluding hydrogens is 408 g/mol. The number of carbonyl (C=O) groups is 2. The second-order valence-electron chi connectivity index (χ2n) is 7.81. The summed E-state index contributed by atoms with van der Waals surface area (Å²) >= 11 is 1.53. The molecule has 1 aromatic heterocycles. The molecule has 2 aromatic rings. The Morgan fingerprint density at radius 3 is 2.55 bits per heavy atom. The van der Waals surface area contributed by atoms with E-state index in [1.165, 1.54) is 11.3 Å². The maximum Gasteiger partial charge on any atom is 0.227 e. The lowest BCUT2D eigenvalue weighted by atomic mass is 9.86. The molecular formula is C21H24N2O4S2. The van der Waals surface area contributed by atoms with Crippen molar-refractivity contribution >= 4 is 38.7 Å². The van der Waals surface area contributed by atoms with E-state index in [-0.39, 0.29) is 35.8 Å². The summed E-state index contributed by atoms with van der Waals surface area (Å²) < 4.78 is 23.5. The molecule has 2 saturated heterocycles. The lowest BCUT2D eigenvalue weighted by molar-refractivity contribution is -0.129. The highest BCUT2D eigenvalue weighted by Crippen LogP contribution is 2.41. The number of hydrogen-bond donors (Lipinski definition) is 1. The Kier molecular flexibility index (Phi) is 5.48. The summed E-state index contributed by atoms with van der Waals surface area (Å²) in [5.74, 6) is -0.480. The van der Waals surface area contributed by atoms with Gasteiger partial charge in [-0.15, -0.1) is 11.3 Å². The van der Waals surface area contributed by atoms with Crippen LogP contribution in [0.3, 0.4) is 0 Å². The van der Waals surface area contributed by atoms with Crippen LogP contribution in [0.25, 0.3) is 0 Å². The van der Waals surface area contributed by atoms with E-state index < -0.39 is 21.8 Å². The Balaban J connectivity index is 1.64. The number of anilines is 1. The zero-order valence-electron chi connectivity index (χ0n) is 16.2. The number of rotatable bonds is 4. The zero-order valence-corrected chi connectivity index (χ0v) is 17.8. The number of nitrogens with zero attached hydrogens (tertiary/aromatic N) is 1. The first-order valence-electron chi connectivity index (χ1n) is 9.77. The van der Waals surface area contributed by atoms with Crippen LogP contribution in [0.15, 0.2) is 41.8 Å². The molecule has 1 N–H and O–H groups in total. The summed E-state index contributed by atoms with van der Waals surface area (Å²) in [5, 5.41) is 4.89. The van der Waals surface area contributed by atoms with Crippen LogP contribution in [0.2, 0.25) is 0 Å². The molecule has 0 bridgehead atoms. The fourth-order valence-corrected chi connectivity index (χ4v) is 6.73. The molecule has 29 heavy (non-hydrogen) atoms. The maximum absolute atomic E-state index is 13.2. The number of nitrogens with one attached hydrogen (secondary N) is 1. The van der Waals surface area contributed by atoms with Crippen LogP contribution in [-0.4, -0.2) is 37.8 Å². The van der Waals surface area contributed by atoms with E-state index in [4.69, 9.17) is 0 Å². The SMILES string of the molecule is Cc1ccc(N2C(=O)CC[C@H](C(=O)N[C@@H]3CCS(=O)(=O)C3)[C@H]2c2cccs2)cc1. The molecule has 0 saturated carbocycles. The summed E-state index contributed by atoms with van der Waals surface area (Å²) in [6.45, 7) is 1.99. The lowest BCUT2D eigenvalue weighted by Crippen LogP contribution is -2.50. The average Bonchev–Trinajstić information content (AvgIpc) is 3.32. The average molecular weight is 433 g/mol. The van der Waals surface area contributed by atoms with Crippen molar-refractivity contribution in [3.63, 3.8) is 0 Å². The van der Waals surface area contributed by atoms with E-state index in [9.17, 15) is 18.0 Å². The highest BCUT2D eigenvalue weighted by Gasteiger charge is 2.43. The summed E-state index contributed by atoms with van der Waals surface area (Å²) in [7, 11) is -3.07. The number of benzene rings is 1. The molecule has 6 nitrogen and oxygen atoms in total. The van der Waals surface area contributed by atoms with E-state index in [1.807, 2.05) is 48.7 Å². The monoisotopic (exact) mass is 432 g/mol. The van der Waals surface area contributed by atoms with Crippen molar-refractivity contribution in [2.24, 2.45) is 5.92 Å². The first-order valence-corrected chi connectivity index (χ1v) is 12.5. The number of amides is 2. The predicted octanol–water partition coefficient (Wildman–Crippen LogP) is 2.84. The van der Waals surface area contributed by atoms with Gasteiger partial charge in [0.25, 0.3) is 0 Å². The van der Waals surface area contributed by atoms with Crippen LogP contribution in [-0.2, 0) is 19.4 Å². The van der Waals surface area contributed by atoms with Gasteiger partial charge in [0.05, 0.1) is 23.5 Å². The fraction of sp³-hybridized carbons (Fsp3) is 0.429. The minimum atomic E-state index is -3.07. The normalized spacial score (nSPS) is 26.4. The van der Waals surface area contributed by atoms with Crippen molar-refractivity contribution in [1.82, 2.24) is 5.32 Å². The summed E-state index contributed by atoms with van der Waals surface area (Å²) in [5.41, 5.74) is 1.88. The van der Waals surface area contributed by atoms with Crippen molar-refractivity contribution in [2.45, 2.75) is 38.3 Å². The number of piperidine rings is 1. The van der Waals surface area contributed by atoms with Crippen LogP contribution < -0.4 is 10.2 Å². The number of thiophene rings is 1. The molecule has 0 spiro atoms. The van der Waals surface area contributed by atoms with Gasteiger partial charge >= 0.3 is 0 Å². The Bertz CT molecular complexity index is 1000. The minimum absolute atomic E-state index is 0.000234. The highest BCUT2D eigenvalue weighted by atomic mass is 32.2. The fourth-order valence-electron chi connectivity index (χ4n) is 4.18. The standard InChI is InChI=1S/C21H24N2O4S2/c1-14-4-6-16(7-5-14)23-19(24)9-8-17(20(23)18-3-2-11-28-18)21(25)22-15-10-12-29(26,27)13-15/h2-7,11,15,17,20H,8-10,12-13H2,1H3,(H,22,25)/t15-,17+,20+/m1/s1. The molecule has 2 aliphatic heterocycles. The minimum Gasteiger partial charge on any atom is -0.352 e. The Morgan fingerprint density at radius 2 is 1.93 bits per heavy atom. The Hall–Kier alpha value is -2.19. The molecule has 2 fully saturated rings. The van der Waals surface area contributed by atoms with Gasteiger partial charge in [-0.25, -0.2) is 8.42 Å². The molecule has 2 amide bonds. The van der Waals surface area contributed by atoms with E-state index in [0.717, 1.165) is 16.1 Å². The first-order chi connectivity index (χ1) is 13.8. The number of carbonyl (C=O) groups excluding carboxylic acids is 2. The first kappa shape index (κ1) is 20.1. The van der Waals surface area contributed by atoms with Crippen LogP contribution >= 0.6 is 11.3 Å². The van der Waals surface area contributed by atoms with Crippen molar-refractivity contribution in [3.8, 4) is 0 Å². The molecule has 3 atom stereocenters. The van der Waals surface area contributed by atoms with Gasteiger partial charge < -0.3 is 10.2 Å². The maximum atomic E-state index is 13.2.